The fourth-order valence-electron chi connectivity index (χ4n) is 2.14. The second kappa shape index (κ2) is 8.20. The van der Waals surface area contributed by atoms with Crippen molar-refractivity contribution in [1.82, 2.24) is 5.32 Å². The zero-order chi connectivity index (χ0) is 15.8. The molecule has 4 heteroatoms. The van der Waals surface area contributed by atoms with Gasteiger partial charge in [0.2, 0.25) is 5.91 Å². The van der Waals surface area contributed by atoms with E-state index in [4.69, 9.17) is 4.74 Å². The van der Waals surface area contributed by atoms with Crippen molar-refractivity contribution in [3.63, 3.8) is 0 Å². The van der Waals surface area contributed by atoms with Gasteiger partial charge in [-0.3, -0.25) is 4.79 Å². The maximum absolute atomic E-state index is 12.0. The second-order valence-electron chi connectivity index (χ2n) is 5.02. The maximum atomic E-state index is 12.0. The summed E-state index contributed by atoms with van der Waals surface area (Å²) in [5, 5.41) is 6.08. The van der Waals surface area contributed by atoms with Crippen LogP contribution in [0.2, 0.25) is 0 Å². The summed E-state index contributed by atoms with van der Waals surface area (Å²) in [7, 11) is 0. The van der Waals surface area contributed by atoms with E-state index in [9.17, 15) is 4.79 Å². The lowest BCUT2D eigenvalue weighted by Gasteiger charge is -2.14. The average molecular weight is 298 g/mol. The Morgan fingerprint density at radius 3 is 2.64 bits per heavy atom. The van der Waals surface area contributed by atoms with Crippen molar-refractivity contribution in [2.24, 2.45) is 0 Å². The van der Waals surface area contributed by atoms with Crippen LogP contribution in [0.5, 0.6) is 5.75 Å². The van der Waals surface area contributed by atoms with Gasteiger partial charge in [-0.2, -0.15) is 0 Å². The van der Waals surface area contributed by atoms with Crippen molar-refractivity contribution in [3.05, 3.63) is 60.2 Å². The van der Waals surface area contributed by atoms with Gasteiger partial charge in [0.05, 0.1) is 13.2 Å². The van der Waals surface area contributed by atoms with E-state index in [-0.39, 0.29) is 18.5 Å². The van der Waals surface area contributed by atoms with Crippen LogP contribution in [0.15, 0.2) is 54.6 Å². The molecule has 0 aliphatic rings. The zero-order valence-corrected chi connectivity index (χ0v) is 13.0. The van der Waals surface area contributed by atoms with Gasteiger partial charge in [0, 0.05) is 17.8 Å². The number of hydrogen-bond donors (Lipinski definition) is 2. The van der Waals surface area contributed by atoms with Crippen molar-refractivity contribution in [2.75, 3.05) is 18.5 Å². The van der Waals surface area contributed by atoms with E-state index < -0.39 is 0 Å². The van der Waals surface area contributed by atoms with Crippen molar-refractivity contribution >= 4 is 11.6 Å². The molecule has 0 aliphatic heterocycles. The highest BCUT2D eigenvalue weighted by Crippen LogP contribution is 2.17. The van der Waals surface area contributed by atoms with E-state index >= 15 is 0 Å². The normalized spacial score (nSPS) is 11.7. The van der Waals surface area contributed by atoms with Gasteiger partial charge in [-0.25, -0.2) is 0 Å². The molecule has 116 valence electrons. The van der Waals surface area contributed by atoms with Gasteiger partial charge in [0.1, 0.15) is 5.75 Å². The molecule has 2 N–H and O–H groups in total. The Balaban J connectivity index is 1.84. The molecule has 0 radical (unpaired) electrons. The van der Waals surface area contributed by atoms with Crippen LogP contribution in [-0.2, 0) is 4.79 Å². The van der Waals surface area contributed by atoms with Crippen LogP contribution in [-0.4, -0.2) is 19.1 Å². The third-order valence-electron chi connectivity index (χ3n) is 3.30. The molecule has 0 bridgehead atoms. The maximum Gasteiger partial charge on any atom is 0.238 e. The SMILES string of the molecule is CCOc1cccc(NC(=O)CNC(C)c2ccccc2)c1. The smallest absolute Gasteiger partial charge is 0.238 e. The highest BCUT2D eigenvalue weighted by Gasteiger charge is 2.08. The van der Waals surface area contributed by atoms with E-state index in [1.165, 1.54) is 0 Å². The van der Waals surface area contributed by atoms with Gasteiger partial charge in [-0.1, -0.05) is 36.4 Å². The number of hydrogen-bond acceptors (Lipinski definition) is 3. The van der Waals surface area contributed by atoms with Crippen LogP contribution in [0.1, 0.15) is 25.5 Å². The number of carbonyl (C=O) groups excluding carboxylic acids is 1. The number of carbonyl (C=O) groups is 1. The van der Waals surface area contributed by atoms with Gasteiger partial charge in [-0.15, -0.1) is 0 Å². The number of amides is 1. The lowest BCUT2D eigenvalue weighted by atomic mass is 10.1. The summed E-state index contributed by atoms with van der Waals surface area (Å²) in [6.45, 7) is 4.83. The number of nitrogens with one attached hydrogen (secondary N) is 2. The lowest BCUT2D eigenvalue weighted by Crippen LogP contribution is -2.30. The summed E-state index contributed by atoms with van der Waals surface area (Å²) in [6, 6.07) is 17.6. The molecule has 2 rings (SSSR count). The Kier molecular flexibility index (Phi) is 5.98. The summed E-state index contributed by atoms with van der Waals surface area (Å²) >= 11 is 0. The van der Waals surface area contributed by atoms with Crippen LogP contribution in [0.4, 0.5) is 5.69 Å². The van der Waals surface area contributed by atoms with Gasteiger partial charge in [0.15, 0.2) is 0 Å². The molecule has 1 unspecified atom stereocenters. The van der Waals surface area contributed by atoms with Gasteiger partial charge >= 0.3 is 0 Å². The summed E-state index contributed by atoms with van der Waals surface area (Å²) in [5.41, 5.74) is 1.90. The van der Waals surface area contributed by atoms with Gasteiger partial charge in [-0.05, 0) is 31.5 Å². The molecule has 0 aromatic heterocycles. The van der Waals surface area contributed by atoms with Gasteiger partial charge < -0.3 is 15.4 Å². The van der Waals surface area contributed by atoms with Crippen molar-refractivity contribution < 1.29 is 9.53 Å². The predicted molar refractivity (Wildman–Crippen MR) is 89.1 cm³/mol. The summed E-state index contributed by atoms with van der Waals surface area (Å²) < 4.78 is 5.42. The number of anilines is 1. The molecule has 22 heavy (non-hydrogen) atoms. The average Bonchev–Trinajstić information content (AvgIpc) is 2.54. The van der Waals surface area contributed by atoms with E-state index in [1.807, 2.05) is 68.4 Å². The number of benzene rings is 2. The standard InChI is InChI=1S/C18H22N2O2/c1-3-22-17-11-7-10-16(12-17)20-18(21)13-19-14(2)15-8-5-4-6-9-15/h4-12,14,19H,3,13H2,1-2H3,(H,20,21). The minimum atomic E-state index is -0.0728. The minimum absolute atomic E-state index is 0.0728. The first-order valence-electron chi connectivity index (χ1n) is 7.50. The monoisotopic (exact) mass is 298 g/mol. The molecule has 0 saturated heterocycles. The molecular weight excluding hydrogens is 276 g/mol. The quantitative estimate of drug-likeness (QED) is 0.824. The highest BCUT2D eigenvalue weighted by molar-refractivity contribution is 5.92. The third kappa shape index (κ3) is 4.90. The molecular formula is C18H22N2O2. The molecule has 1 atom stereocenters. The highest BCUT2D eigenvalue weighted by atomic mass is 16.5. The fourth-order valence-corrected chi connectivity index (χ4v) is 2.14. The fraction of sp³-hybridized carbons (Fsp3) is 0.278. The van der Waals surface area contributed by atoms with Crippen LogP contribution >= 0.6 is 0 Å². The zero-order valence-electron chi connectivity index (χ0n) is 13.0. The first kappa shape index (κ1) is 16.0. The van der Waals surface area contributed by atoms with E-state index in [1.54, 1.807) is 0 Å². The summed E-state index contributed by atoms with van der Waals surface area (Å²) in [6.07, 6.45) is 0. The molecule has 0 aliphatic carbocycles. The second-order valence-corrected chi connectivity index (χ2v) is 5.02. The topological polar surface area (TPSA) is 50.4 Å². The van der Waals surface area contributed by atoms with Gasteiger partial charge in [0.25, 0.3) is 0 Å². The van der Waals surface area contributed by atoms with Crippen molar-refractivity contribution in [3.8, 4) is 5.75 Å². The Morgan fingerprint density at radius 1 is 1.14 bits per heavy atom. The first-order valence-corrected chi connectivity index (χ1v) is 7.50. The Morgan fingerprint density at radius 2 is 1.91 bits per heavy atom. The van der Waals surface area contributed by atoms with E-state index in [0.29, 0.717) is 6.61 Å². The molecule has 2 aromatic rings. The van der Waals surface area contributed by atoms with E-state index in [0.717, 1.165) is 17.0 Å². The lowest BCUT2D eigenvalue weighted by molar-refractivity contribution is -0.115. The molecule has 0 fully saturated rings. The Labute approximate surface area is 131 Å². The molecule has 4 nitrogen and oxygen atoms in total. The summed E-state index contributed by atoms with van der Waals surface area (Å²) in [4.78, 5) is 12.0. The largest absolute Gasteiger partial charge is 0.494 e. The number of ether oxygens (including phenoxy) is 1. The first-order chi connectivity index (χ1) is 10.7. The Hall–Kier alpha value is -2.33. The predicted octanol–water partition coefficient (Wildman–Crippen LogP) is 3.37. The van der Waals surface area contributed by atoms with Crippen LogP contribution < -0.4 is 15.4 Å². The van der Waals surface area contributed by atoms with Crippen molar-refractivity contribution in [1.29, 1.82) is 0 Å². The van der Waals surface area contributed by atoms with E-state index in [2.05, 4.69) is 10.6 Å². The van der Waals surface area contributed by atoms with Crippen molar-refractivity contribution in [2.45, 2.75) is 19.9 Å². The van der Waals surface area contributed by atoms with Crippen LogP contribution in [0, 0.1) is 0 Å². The molecule has 2 aromatic carbocycles. The van der Waals surface area contributed by atoms with Crippen LogP contribution in [0.25, 0.3) is 0 Å². The molecule has 0 spiro atoms. The molecule has 1 amide bonds. The summed E-state index contributed by atoms with van der Waals surface area (Å²) in [5.74, 6) is 0.683. The third-order valence-corrected chi connectivity index (χ3v) is 3.30. The molecule has 0 saturated carbocycles. The van der Waals surface area contributed by atoms with Crippen LogP contribution in [0.3, 0.4) is 0 Å². The molecule has 0 heterocycles. The Bertz CT molecular complexity index is 599. The number of rotatable bonds is 7. The minimum Gasteiger partial charge on any atom is -0.494 e.